The maximum absolute atomic E-state index is 12.3. The summed E-state index contributed by atoms with van der Waals surface area (Å²) in [4.78, 5) is 47.5. The molecule has 10 nitrogen and oxygen atoms in total. The third-order valence-corrected chi connectivity index (χ3v) is 4.34. The van der Waals surface area contributed by atoms with E-state index in [1.165, 1.54) is 24.3 Å². The number of carbonyl (C=O) groups excluding carboxylic acids is 3. The molecule has 0 aliphatic carbocycles. The van der Waals surface area contributed by atoms with Gasteiger partial charge in [-0.1, -0.05) is 30.3 Å². The number of hydrogen-bond acceptors (Lipinski definition) is 8. The molecule has 0 spiro atoms. The van der Waals surface area contributed by atoms with E-state index in [1.807, 2.05) is 6.07 Å². The second-order valence-corrected chi connectivity index (χ2v) is 6.41. The van der Waals surface area contributed by atoms with Crippen molar-refractivity contribution in [1.29, 1.82) is 0 Å². The number of amides is 1. The lowest BCUT2D eigenvalue weighted by Crippen LogP contribution is -2.40. The van der Waals surface area contributed by atoms with Gasteiger partial charge in [0.1, 0.15) is 19.3 Å². The highest BCUT2D eigenvalue weighted by molar-refractivity contribution is 5.88. The van der Waals surface area contributed by atoms with Gasteiger partial charge in [0.15, 0.2) is 6.73 Å². The fourth-order valence-electron chi connectivity index (χ4n) is 2.72. The van der Waals surface area contributed by atoms with Crippen molar-refractivity contribution >= 4 is 23.7 Å². The Hall–Kier alpha value is -3.95. The van der Waals surface area contributed by atoms with Crippen molar-refractivity contribution in [3.8, 4) is 0 Å². The first-order chi connectivity index (χ1) is 14.4. The van der Waals surface area contributed by atoms with Gasteiger partial charge in [-0.15, -0.1) is 0 Å². The van der Waals surface area contributed by atoms with E-state index in [4.69, 9.17) is 14.2 Å². The largest absolute Gasteiger partial charge is 0.461 e. The van der Waals surface area contributed by atoms with Gasteiger partial charge >= 0.3 is 18.0 Å². The van der Waals surface area contributed by atoms with E-state index >= 15 is 0 Å². The number of esters is 2. The van der Waals surface area contributed by atoms with Gasteiger partial charge < -0.3 is 14.2 Å². The Bertz CT molecular complexity index is 930. The third-order valence-electron chi connectivity index (χ3n) is 4.34. The lowest BCUT2D eigenvalue weighted by Gasteiger charge is -2.19. The first-order valence-electron chi connectivity index (χ1n) is 8.97. The van der Waals surface area contributed by atoms with Gasteiger partial charge in [0.2, 0.25) is 0 Å². The first-order valence-corrected chi connectivity index (χ1v) is 8.97. The SMILES string of the molecule is O=C(C[C@@H]1C(=O)OCN1C(=O)OCc1ccccc1)OCc1ccc([N+](=O)[O-])cc1. The van der Waals surface area contributed by atoms with Crippen molar-refractivity contribution in [2.75, 3.05) is 6.73 Å². The van der Waals surface area contributed by atoms with Crippen LogP contribution in [0.3, 0.4) is 0 Å². The molecule has 2 aromatic rings. The van der Waals surface area contributed by atoms with E-state index < -0.39 is 35.4 Å². The average molecular weight is 414 g/mol. The van der Waals surface area contributed by atoms with Crippen molar-refractivity contribution in [3.05, 3.63) is 75.8 Å². The van der Waals surface area contributed by atoms with Gasteiger partial charge in [-0.3, -0.25) is 19.8 Å². The van der Waals surface area contributed by atoms with Crippen LogP contribution in [0.2, 0.25) is 0 Å². The molecular formula is C20H18N2O8. The summed E-state index contributed by atoms with van der Waals surface area (Å²) in [6.07, 6.45) is -1.18. The van der Waals surface area contributed by atoms with E-state index in [1.54, 1.807) is 24.3 Å². The van der Waals surface area contributed by atoms with E-state index in [9.17, 15) is 24.5 Å². The van der Waals surface area contributed by atoms with Crippen LogP contribution in [0.15, 0.2) is 54.6 Å². The molecule has 0 radical (unpaired) electrons. The maximum atomic E-state index is 12.3. The summed E-state index contributed by atoms with van der Waals surface area (Å²) in [5.41, 5.74) is 1.24. The van der Waals surface area contributed by atoms with Gasteiger partial charge in [0.25, 0.3) is 5.69 Å². The van der Waals surface area contributed by atoms with Crippen LogP contribution in [-0.4, -0.2) is 40.6 Å². The maximum Gasteiger partial charge on any atom is 0.413 e. The minimum atomic E-state index is -1.14. The molecule has 10 heteroatoms. The fraction of sp³-hybridized carbons (Fsp3) is 0.250. The molecule has 1 aliphatic heterocycles. The lowest BCUT2D eigenvalue weighted by atomic mass is 10.2. The average Bonchev–Trinajstić information content (AvgIpc) is 3.11. The van der Waals surface area contributed by atoms with Crippen molar-refractivity contribution < 1.29 is 33.5 Å². The number of hydrogen-bond donors (Lipinski definition) is 0. The van der Waals surface area contributed by atoms with Crippen LogP contribution >= 0.6 is 0 Å². The van der Waals surface area contributed by atoms with Crippen LogP contribution in [0.25, 0.3) is 0 Å². The summed E-state index contributed by atoms with van der Waals surface area (Å²) in [5.74, 6) is -1.45. The summed E-state index contributed by atoms with van der Waals surface area (Å²) < 4.78 is 15.1. The van der Waals surface area contributed by atoms with Crippen LogP contribution in [0.1, 0.15) is 17.5 Å². The summed E-state index contributed by atoms with van der Waals surface area (Å²) in [6.45, 7) is -0.425. The molecule has 1 heterocycles. The normalized spacial score (nSPS) is 15.4. The lowest BCUT2D eigenvalue weighted by molar-refractivity contribution is -0.384. The number of benzene rings is 2. The monoisotopic (exact) mass is 414 g/mol. The summed E-state index contributed by atoms with van der Waals surface area (Å²) in [6, 6.07) is 13.4. The third kappa shape index (κ3) is 5.31. The van der Waals surface area contributed by atoms with Crippen molar-refractivity contribution in [3.63, 3.8) is 0 Å². The zero-order chi connectivity index (χ0) is 21.5. The number of nitro benzene ring substituents is 1. The van der Waals surface area contributed by atoms with Crippen LogP contribution in [0.4, 0.5) is 10.5 Å². The number of cyclic esters (lactones) is 1. The molecule has 0 aromatic heterocycles. The predicted octanol–water partition coefficient (Wildman–Crippen LogP) is 2.55. The zero-order valence-corrected chi connectivity index (χ0v) is 15.8. The molecule has 0 N–H and O–H groups in total. The predicted molar refractivity (Wildman–Crippen MR) is 101 cm³/mol. The summed E-state index contributed by atoms with van der Waals surface area (Å²) in [7, 11) is 0. The minimum Gasteiger partial charge on any atom is -0.461 e. The number of nitrogens with zero attached hydrogens (tertiary/aromatic N) is 2. The molecule has 156 valence electrons. The number of nitro groups is 1. The Morgan fingerprint density at radius 2 is 1.67 bits per heavy atom. The van der Waals surface area contributed by atoms with Gasteiger partial charge in [-0.2, -0.15) is 0 Å². The number of rotatable bonds is 7. The Labute approximate surface area is 171 Å². The highest BCUT2D eigenvalue weighted by Crippen LogP contribution is 2.18. The smallest absolute Gasteiger partial charge is 0.413 e. The van der Waals surface area contributed by atoms with Gasteiger partial charge in [-0.05, 0) is 23.3 Å². The summed E-state index contributed by atoms with van der Waals surface area (Å²) >= 11 is 0. The summed E-state index contributed by atoms with van der Waals surface area (Å²) in [5, 5.41) is 10.6. The molecule has 0 unspecified atom stereocenters. The standard InChI is InChI=1S/C20H18N2O8/c23-18(28-11-15-6-8-16(9-7-15)22(26)27)10-17-19(24)30-13-21(17)20(25)29-12-14-4-2-1-3-5-14/h1-9,17H,10-13H2/t17-/m1/s1. The van der Waals surface area contributed by atoms with E-state index in [0.717, 1.165) is 10.5 Å². The van der Waals surface area contributed by atoms with E-state index in [2.05, 4.69) is 0 Å². The van der Waals surface area contributed by atoms with Crippen LogP contribution in [0, 0.1) is 10.1 Å². The number of carbonyl (C=O) groups is 3. The van der Waals surface area contributed by atoms with Crippen LogP contribution < -0.4 is 0 Å². The Morgan fingerprint density at radius 1 is 1.03 bits per heavy atom. The molecule has 0 saturated carbocycles. The highest BCUT2D eigenvalue weighted by atomic mass is 16.6. The van der Waals surface area contributed by atoms with Crippen molar-refractivity contribution in [2.45, 2.75) is 25.7 Å². The van der Waals surface area contributed by atoms with Gasteiger partial charge in [0, 0.05) is 12.1 Å². The second-order valence-electron chi connectivity index (χ2n) is 6.41. The topological polar surface area (TPSA) is 125 Å². The van der Waals surface area contributed by atoms with Gasteiger partial charge in [0.05, 0.1) is 11.3 Å². The first kappa shape index (κ1) is 20.8. The number of non-ortho nitro benzene ring substituents is 1. The molecule has 3 rings (SSSR count). The molecule has 1 saturated heterocycles. The Balaban J connectivity index is 1.51. The molecule has 30 heavy (non-hydrogen) atoms. The quantitative estimate of drug-likeness (QED) is 0.293. The molecule has 1 amide bonds. The molecule has 1 fully saturated rings. The number of ether oxygens (including phenoxy) is 3. The fourth-order valence-corrected chi connectivity index (χ4v) is 2.72. The van der Waals surface area contributed by atoms with Gasteiger partial charge in [-0.25, -0.2) is 9.59 Å². The van der Waals surface area contributed by atoms with E-state index in [0.29, 0.717) is 5.56 Å². The van der Waals surface area contributed by atoms with Crippen molar-refractivity contribution in [1.82, 2.24) is 4.90 Å². The highest BCUT2D eigenvalue weighted by Gasteiger charge is 2.40. The van der Waals surface area contributed by atoms with Crippen molar-refractivity contribution in [2.24, 2.45) is 0 Å². The molecule has 0 bridgehead atoms. The van der Waals surface area contributed by atoms with E-state index in [-0.39, 0.29) is 25.6 Å². The minimum absolute atomic E-state index is 0.0155. The molecule has 1 aliphatic rings. The molecular weight excluding hydrogens is 396 g/mol. The van der Waals surface area contributed by atoms with Crippen LogP contribution in [-0.2, 0) is 37.0 Å². The molecule has 1 atom stereocenters. The molecule has 2 aromatic carbocycles. The Morgan fingerprint density at radius 3 is 2.33 bits per heavy atom. The second kappa shape index (κ2) is 9.50. The van der Waals surface area contributed by atoms with Crippen LogP contribution in [0.5, 0.6) is 0 Å². The zero-order valence-electron chi connectivity index (χ0n) is 15.8. The Kier molecular flexibility index (Phi) is 6.58.